The lowest BCUT2D eigenvalue weighted by Crippen LogP contribution is -2.33. The van der Waals surface area contributed by atoms with Crippen molar-refractivity contribution in [3.8, 4) is 5.69 Å². The number of nitrogens with one attached hydrogen (secondary N) is 3. The van der Waals surface area contributed by atoms with E-state index < -0.39 is 18.0 Å². The van der Waals surface area contributed by atoms with Crippen molar-refractivity contribution in [1.29, 1.82) is 5.41 Å². The fourth-order valence-electron chi connectivity index (χ4n) is 2.66. The predicted octanol–water partition coefficient (Wildman–Crippen LogP) is 0.366. The number of hydroxylamine groups is 1. The maximum atomic E-state index is 14.6. The summed E-state index contributed by atoms with van der Waals surface area (Å²) in [5.41, 5.74) is 2.47. The number of rotatable bonds is 6. The van der Waals surface area contributed by atoms with E-state index >= 15 is 0 Å². The Labute approximate surface area is 158 Å². The highest BCUT2D eigenvalue weighted by Gasteiger charge is 2.32. The van der Waals surface area contributed by atoms with E-state index in [0.29, 0.717) is 11.4 Å². The normalized spacial score (nSPS) is 16.0. The molecule has 4 N–H and O–H groups in total. The number of cyclic esters (lactones) is 1. The SMILES string of the molecule is CC(=O)NCC1CN(c2ccc(-n3cc(CC(=N)NO)nn3)c(F)c2)C(=O)O1. The van der Waals surface area contributed by atoms with Crippen LogP contribution < -0.4 is 15.7 Å². The molecule has 1 saturated heterocycles. The van der Waals surface area contributed by atoms with Crippen LogP contribution in [0, 0.1) is 11.2 Å². The van der Waals surface area contributed by atoms with E-state index in [1.807, 2.05) is 0 Å². The van der Waals surface area contributed by atoms with Gasteiger partial charge in [0.2, 0.25) is 5.91 Å². The lowest BCUT2D eigenvalue weighted by atomic mass is 10.2. The Morgan fingerprint density at radius 3 is 2.96 bits per heavy atom. The zero-order valence-electron chi connectivity index (χ0n) is 14.8. The number of ether oxygens (including phenoxy) is 1. The minimum absolute atomic E-state index is 0.00546. The van der Waals surface area contributed by atoms with E-state index in [2.05, 4.69) is 15.6 Å². The first-order valence-corrected chi connectivity index (χ1v) is 8.28. The van der Waals surface area contributed by atoms with Gasteiger partial charge in [-0.3, -0.25) is 25.8 Å². The van der Waals surface area contributed by atoms with Crippen LogP contribution in [0.25, 0.3) is 5.69 Å². The second kappa shape index (κ2) is 8.00. The van der Waals surface area contributed by atoms with Crippen molar-refractivity contribution in [3.63, 3.8) is 0 Å². The third-order valence-electron chi connectivity index (χ3n) is 3.98. The van der Waals surface area contributed by atoms with Crippen LogP contribution in [0.5, 0.6) is 0 Å². The molecule has 1 unspecified atom stereocenters. The second-order valence-electron chi connectivity index (χ2n) is 6.11. The van der Waals surface area contributed by atoms with Gasteiger partial charge in [-0.1, -0.05) is 5.21 Å². The average molecular weight is 391 g/mol. The smallest absolute Gasteiger partial charge is 0.414 e. The number of carbonyl (C=O) groups excluding carboxylic acids is 2. The zero-order valence-corrected chi connectivity index (χ0v) is 14.8. The molecule has 0 aliphatic carbocycles. The van der Waals surface area contributed by atoms with Gasteiger partial charge in [-0.2, -0.15) is 0 Å². The Kier molecular flexibility index (Phi) is 5.49. The average Bonchev–Trinajstić information content (AvgIpc) is 3.26. The fourth-order valence-corrected chi connectivity index (χ4v) is 2.66. The Hall–Kier alpha value is -3.54. The summed E-state index contributed by atoms with van der Waals surface area (Å²) in [4.78, 5) is 24.3. The standard InChI is InChI=1S/C16H18FN7O4/c1-9(25)19-6-12-8-23(16(26)28-12)11-2-3-14(13(17)5-11)24-7-10(20-22-24)4-15(18)21-27/h2-3,5,7,12,27H,4,6,8H2,1H3,(H2,18,21)(H,19,25). The monoisotopic (exact) mass is 391 g/mol. The number of aromatic nitrogens is 3. The van der Waals surface area contributed by atoms with Gasteiger partial charge in [0, 0.05) is 6.92 Å². The number of nitrogens with zero attached hydrogens (tertiary/aromatic N) is 4. The van der Waals surface area contributed by atoms with Gasteiger partial charge >= 0.3 is 6.09 Å². The predicted molar refractivity (Wildman–Crippen MR) is 94.0 cm³/mol. The van der Waals surface area contributed by atoms with Gasteiger partial charge in [0.1, 0.15) is 17.6 Å². The second-order valence-corrected chi connectivity index (χ2v) is 6.11. The van der Waals surface area contributed by atoms with Crippen LogP contribution in [0.4, 0.5) is 14.9 Å². The van der Waals surface area contributed by atoms with Gasteiger partial charge in [-0.25, -0.2) is 13.9 Å². The molecule has 1 aromatic heterocycles. The Morgan fingerprint density at radius 2 is 2.29 bits per heavy atom. The minimum Gasteiger partial charge on any atom is -0.442 e. The highest BCUT2D eigenvalue weighted by atomic mass is 19.1. The molecule has 2 heterocycles. The van der Waals surface area contributed by atoms with Gasteiger partial charge in [0.25, 0.3) is 0 Å². The summed E-state index contributed by atoms with van der Waals surface area (Å²) in [7, 11) is 0. The summed E-state index contributed by atoms with van der Waals surface area (Å²) in [6.07, 6.45) is 0.288. The molecule has 148 valence electrons. The number of hydrogen-bond acceptors (Lipinski definition) is 7. The zero-order chi connectivity index (χ0) is 20.3. The molecule has 1 aliphatic heterocycles. The first-order chi connectivity index (χ1) is 13.4. The number of carbonyl (C=O) groups is 2. The number of anilines is 1. The number of hydrogen-bond donors (Lipinski definition) is 4. The summed E-state index contributed by atoms with van der Waals surface area (Å²) in [5, 5.41) is 26.2. The molecule has 12 heteroatoms. The molecule has 1 fully saturated rings. The van der Waals surface area contributed by atoms with Crippen LogP contribution in [0.15, 0.2) is 24.4 Å². The maximum Gasteiger partial charge on any atom is 0.414 e. The quantitative estimate of drug-likeness (QED) is 0.316. The van der Waals surface area contributed by atoms with Crippen molar-refractivity contribution < 1.29 is 23.9 Å². The molecule has 0 spiro atoms. The third kappa shape index (κ3) is 4.23. The largest absolute Gasteiger partial charge is 0.442 e. The summed E-state index contributed by atoms with van der Waals surface area (Å²) < 4.78 is 20.9. The molecular formula is C16H18FN7O4. The van der Waals surface area contributed by atoms with E-state index in [0.717, 1.165) is 0 Å². The first kappa shape index (κ1) is 19.2. The summed E-state index contributed by atoms with van der Waals surface area (Å²) in [6.45, 7) is 1.72. The molecule has 3 rings (SSSR count). The minimum atomic E-state index is -0.637. The highest BCUT2D eigenvalue weighted by Crippen LogP contribution is 2.25. The van der Waals surface area contributed by atoms with Gasteiger partial charge in [-0.05, 0) is 18.2 Å². The van der Waals surface area contributed by atoms with Crippen molar-refractivity contribution in [2.24, 2.45) is 0 Å². The molecule has 2 aromatic rings. The van der Waals surface area contributed by atoms with Crippen molar-refractivity contribution in [1.82, 2.24) is 25.8 Å². The van der Waals surface area contributed by atoms with Crippen molar-refractivity contribution in [2.45, 2.75) is 19.4 Å². The lowest BCUT2D eigenvalue weighted by Gasteiger charge is -2.14. The molecule has 2 amide bonds. The van der Waals surface area contributed by atoms with Gasteiger partial charge in [0.15, 0.2) is 5.82 Å². The molecule has 1 aliphatic rings. The van der Waals surface area contributed by atoms with E-state index in [-0.39, 0.29) is 36.9 Å². The maximum absolute atomic E-state index is 14.6. The summed E-state index contributed by atoms with van der Waals surface area (Å²) in [5.74, 6) is -1.05. The molecule has 0 bridgehead atoms. The lowest BCUT2D eigenvalue weighted by molar-refractivity contribution is -0.119. The van der Waals surface area contributed by atoms with Gasteiger partial charge in [-0.15, -0.1) is 5.10 Å². The molecular weight excluding hydrogens is 373 g/mol. The van der Waals surface area contributed by atoms with Crippen LogP contribution in [0.2, 0.25) is 0 Å². The van der Waals surface area contributed by atoms with E-state index in [4.69, 9.17) is 15.4 Å². The Morgan fingerprint density at radius 1 is 1.50 bits per heavy atom. The first-order valence-electron chi connectivity index (χ1n) is 8.28. The van der Waals surface area contributed by atoms with E-state index in [1.54, 1.807) is 11.5 Å². The summed E-state index contributed by atoms with van der Waals surface area (Å²) >= 11 is 0. The van der Waals surface area contributed by atoms with E-state index in [1.165, 1.54) is 34.8 Å². The van der Waals surface area contributed by atoms with Crippen LogP contribution in [0.1, 0.15) is 12.6 Å². The number of halogens is 1. The van der Waals surface area contributed by atoms with Crippen molar-refractivity contribution in [3.05, 3.63) is 35.9 Å². The molecule has 1 aromatic carbocycles. The van der Waals surface area contributed by atoms with Crippen LogP contribution in [-0.2, 0) is 16.0 Å². The van der Waals surface area contributed by atoms with Crippen molar-refractivity contribution >= 4 is 23.5 Å². The molecule has 1 atom stereocenters. The number of amidine groups is 1. The van der Waals surface area contributed by atoms with E-state index in [9.17, 15) is 14.0 Å². The fraction of sp³-hybridized carbons (Fsp3) is 0.312. The van der Waals surface area contributed by atoms with Gasteiger partial charge in [0.05, 0.1) is 37.1 Å². The van der Waals surface area contributed by atoms with Crippen LogP contribution in [-0.4, -0.2) is 57.2 Å². The Balaban J connectivity index is 1.73. The third-order valence-corrected chi connectivity index (χ3v) is 3.98. The molecule has 0 saturated carbocycles. The highest BCUT2D eigenvalue weighted by molar-refractivity contribution is 5.90. The van der Waals surface area contributed by atoms with Gasteiger partial charge < -0.3 is 10.1 Å². The van der Waals surface area contributed by atoms with Crippen molar-refractivity contribution in [2.75, 3.05) is 18.0 Å². The van der Waals surface area contributed by atoms with Crippen LogP contribution >= 0.6 is 0 Å². The topological polar surface area (TPSA) is 145 Å². The Bertz CT molecular complexity index is 916. The molecule has 11 nitrogen and oxygen atoms in total. The summed E-state index contributed by atoms with van der Waals surface area (Å²) in [6, 6.07) is 4.16. The van der Waals surface area contributed by atoms with Crippen LogP contribution in [0.3, 0.4) is 0 Å². The number of benzene rings is 1. The molecule has 28 heavy (non-hydrogen) atoms. The number of amides is 2. The molecule has 0 radical (unpaired) electrons.